The van der Waals surface area contributed by atoms with Crippen molar-refractivity contribution in [2.24, 2.45) is 0 Å². The average molecular weight is 321 g/mol. The van der Waals surface area contributed by atoms with Crippen LogP contribution in [0.3, 0.4) is 0 Å². The summed E-state index contributed by atoms with van der Waals surface area (Å²) in [6, 6.07) is 0. The van der Waals surface area contributed by atoms with E-state index in [0.29, 0.717) is 6.61 Å². The number of Topliss-reactive ketones (excluding diaryl/α,β-unsaturated/α-hetero) is 1. The second-order valence-corrected chi connectivity index (χ2v) is 5.99. The Morgan fingerprint density at radius 3 is 2.19 bits per heavy atom. The smallest absolute Gasteiger partial charge is 0.382 e. The van der Waals surface area contributed by atoms with Gasteiger partial charge in [-0.1, -0.05) is 6.58 Å². The van der Waals surface area contributed by atoms with E-state index in [-0.39, 0.29) is 12.2 Å². The van der Waals surface area contributed by atoms with Crippen LogP contribution in [-0.4, -0.2) is 60.9 Å². The van der Waals surface area contributed by atoms with Crippen LogP contribution in [0, 0.1) is 0 Å². The summed E-state index contributed by atoms with van der Waals surface area (Å²) in [5.41, 5.74) is 0.234. The van der Waals surface area contributed by atoms with E-state index >= 15 is 0 Å². The number of hydrogen-bond acceptors (Lipinski definition) is 5. The van der Waals surface area contributed by atoms with Crippen LogP contribution < -0.4 is 0 Å². The van der Waals surface area contributed by atoms with Gasteiger partial charge in [-0.2, -0.15) is 0 Å². The molecule has 1 N–H and O–H groups in total. The lowest BCUT2D eigenvalue weighted by molar-refractivity contribution is -0.923. The van der Waals surface area contributed by atoms with E-state index in [1.807, 2.05) is 0 Å². The molecule has 7 heteroatoms. The molecule has 122 valence electrons. The number of carbonyl (C=O) groups is 1. The maximum Gasteiger partial charge on any atom is 0.697 e. The Morgan fingerprint density at radius 1 is 1.24 bits per heavy atom. The van der Waals surface area contributed by atoms with E-state index in [2.05, 4.69) is 27.4 Å². The summed E-state index contributed by atoms with van der Waals surface area (Å²) in [6.45, 7) is 15.0. The highest BCUT2D eigenvalue weighted by Gasteiger charge is 2.28. The Kier molecular flexibility index (Phi) is 9.83. The number of carbonyl (C=O) groups excluding carboxylic acids is 1. The lowest BCUT2D eigenvalue weighted by atomic mass is 10.1. The highest BCUT2D eigenvalue weighted by molar-refractivity contribution is 7.33. The van der Waals surface area contributed by atoms with Crippen LogP contribution >= 0.6 is 8.25 Å². The predicted octanol–water partition coefficient (Wildman–Crippen LogP) is 2.06. The number of aliphatic hydroxyl groups excluding tert-OH is 1. The first-order valence-corrected chi connectivity index (χ1v) is 8.37. The minimum atomic E-state index is -2.33. The molecule has 0 heterocycles. The van der Waals surface area contributed by atoms with Crippen molar-refractivity contribution < 1.29 is 28.0 Å². The number of rotatable bonds is 12. The van der Waals surface area contributed by atoms with Crippen molar-refractivity contribution in [3.05, 3.63) is 12.2 Å². The third-order valence-electron chi connectivity index (χ3n) is 3.84. The summed E-state index contributed by atoms with van der Waals surface area (Å²) < 4.78 is 22.4. The number of quaternary nitrogens is 1. The van der Waals surface area contributed by atoms with Crippen molar-refractivity contribution in [3.63, 3.8) is 0 Å². The highest BCUT2D eigenvalue weighted by atomic mass is 31.1. The van der Waals surface area contributed by atoms with Crippen LogP contribution in [0.1, 0.15) is 27.7 Å². The first-order chi connectivity index (χ1) is 9.81. The van der Waals surface area contributed by atoms with Gasteiger partial charge in [0.05, 0.1) is 19.6 Å². The predicted molar refractivity (Wildman–Crippen MR) is 82.1 cm³/mol. The summed E-state index contributed by atoms with van der Waals surface area (Å²) in [7, 11) is -2.33. The molecule has 0 saturated carbocycles. The maximum absolute atomic E-state index is 11.5. The topological polar surface area (TPSA) is 72.8 Å². The molecule has 0 aromatic heterocycles. The minimum Gasteiger partial charge on any atom is -0.382 e. The first-order valence-electron chi connectivity index (χ1n) is 7.27. The maximum atomic E-state index is 11.5. The van der Waals surface area contributed by atoms with Crippen molar-refractivity contribution >= 4 is 14.0 Å². The fraction of sp³-hybridized carbons (Fsp3) is 0.786. The molecule has 0 aliphatic rings. The molecule has 0 fully saturated rings. The fourth-order valence-electron chi connectivity index (χ4n) is 1.98. The van der Waals surface area contributed by atoms with Crippen molar-refractivity contribution in [1.82, 2.24) is 0 Å². The second kappa shape index (κ2) is 10.1. The van der Waals surface area contributed by atoms with E-state index in [4.69, 9.17) is 9.05 Å². The largest absolute Gasteiger partial charge is 0.697 e. The van der Waals surface area contributed by atoms with Crippen LogP contribution in [0.25, 0.3) is 0 Å². The summed E-state index contributed by atoms with van der Waals surface area (Å²) in [5, 5.41) is 9.48. The van der Waals surface area contributed by atoms with E-state index in [1.54, 1.807) is 0 Å². The zero-order valence-electron chi connectivity index (χ0n) is 13.5. The van der Waals surface area contributed by atoms with Gasteiger partial charge in [-0.3, -0.25) is 4.79 Å². The number of aliphatic hydroxyl groups is 1. The van der Waals surface area contributed by atoms with Crippen molar-refractivity contribution in [2.45, 2.75) is 33.8 Å². The molecule has 0 bridgehead atoms. The molecule has 6 nitrogen and oxygen atoms in total. The first kappa shape index (κ1) is 20.3. The SMILES string of the molecule is C=C(C)C(=O)C(O)CO[P+](=O)OCC[N+](CC)(CC)CC. The third kappa shape index (κ3) is 7.25. The zero-order chi connectivity index (χ0) is 16.5. The van der Waals surface area contributed by atoms with Crippen LogP contribution in [0.2, 0.25) is 0 Å². The molecular formula is C14H28NO5P+2. The average Bonchev–Trinajstić information content (AvgIpc) is 2.48. The molecule has 0 rings (SSSR count). The molecule has 0 aromatic rings. The Hall–Kier alpha value is -0.650. The standard InChI is InChI=1S/C14H28NO5P/c1-6-15(7-2,8-3)9-10-19-21(18)20-11-13(16)14(17)12(4)5/h13,16H,4,6-11H2,1-3,5H3/q+2. The summed E-state index contributed by atoms with van der Waals surface area (Å²) in [5.74, 6) is -0.517. The second-order valence-electron chi connectivity index (χ2n) is 5.03. The van der Waals surface area contributed by atoms with Gasteiger partial charge in [-0.05, 0) is 33.3 Å². The molecule has 0 aromatic carbocycles. The zero-order valence-corrected chi connectivity index (χ0v) is 14.4. The summed E-state index contributed by atoms with van der Waals surface area (Å²) in [4.78, 5) is 11.3. The summed E-state index contributed by atoms with van der Waals surface area (Å²) >= 11 is 0. The lowest BCUT2D eigenvalue weighted by Gasteiger charge is -2.34. The van der Waals surface area contributed by atoms with Gasteiger partial charge in [0.2, 0.25) is 0 Å². The Labute approximate surface area is 128 Å². The molecular weight excluding hydrogens is 293 g/mol. The Morgan fingerprint density at radius 2 is 1.76 bits per heavy atom. The number of likely N-dealkylation sites (N-methyl/N-ethyl adjacent to an activating group) is 1. The lowest BCUT2D eigenvalue weighted by Crippen LogP contribution is -2.49. The van der Waals surface area contributed by atoms with Gasteiger partial charge in [-0.15, -0.1) is 9.05 Å². The molecule has 21 heavy (non-hydrogen) atoms. The van der Waals surface area contributed by atoms with Crippen molar-refractivity contribution in [3.8, 4) is 0 Å². The van der Waals surface area contributed by atoms with Gasteiger partial charge in [-0.25, -0.2) is 0 Å². The van der Waals surface area contributed by atoms with E-state index in [0.717, 1.165) is 30.7 Å². The van der Waals surface area contributed by atoms with Crippen molar-refractivity contribution in [1.29, 1.82) is 0 Å². The quantitative estimate of drug-likeness (QED) is 0.338. The third-order valence-corrected chi connectivity index (χ3v) is 4.59. The molecule has 0 spiro atoms. The molecule has 0 radical (unpaired) electrons. The normalized spacial score (nSPS) is 13.9. The monoisotopic (exact) mass is 321 g/mol. The van der Waals surface area contributed by atoms with E-state index in [1.165, 1.54) is 6.92 Å². The van der Waals surface area contributed by atoms with Crippen LogP contribution in [0.15, 0.2) is 12.2 Å². The van der Waals surface area contributed by atoms with Crippen molar-refractivity contribution in [2.75, 3.05) is 39.4 Å². The molecule has 2 unspecified atom stereocenters. The molecule has 0 amide bonds. The fourth-order valence-corrected chi connectivity index (χ4v) is 2.55. The van der Waals surface area contributed by atoms with Crippen LogP contribution in [0.5, 0.6) is 0 Å². The van der Waals surface area contributed by atoms with Gasteiger partial charge in [0, 0.05) is 4.57 Å². The molecule has 2 atom stereocenters. The number of nitrogens with zero attached hydrogens (tertiary/aromatic N) is 1. The van der Waals surface area contributed by atoms with Gasteiger partial charge in [0.25, 0.3) is 0 Å². The molecule has 0 saturated heterocycles. The van der Waals surface area contributed by atoms with Gasteiger partial charge in [0.15, 0.2) is 12.4 Å². The van der Waals surface area contributed by atoms with Gasteiger partial charge >= 0.3 is 8.25 Å². The van der Waals surface area contributed by atoms with Gasteiger partial charge < -0.3 is 9.59 Å². The van der Waals surface area contributed by atoms with Gasteiger partial charge in [0.1, 0.15) is 19.3 Å². The number of ketones is 1. The Balaban J connectivity index is 4.06. The number of hydrogen-bond donors (Lipinski definition) is 1. The summed E-state index contributed by atoms with van der Waals surface area (Å²) in [6.07, 6.45) is -1.35. The van der Waals surface area contributed by atoms with Crippen LogP contribution in [-0.2, 0) is 18.4 Å². The molecule has 0 aliphatic carbocycles. The van der Waals surface area contributed by atoms with E-state index < -0.39 is 20.1 Å². The van der Waals surface area contributed by atoms with E-state index in [9.17, 15) is 14.5 Å². The Bertz CT molecular complexity index is 360. The molecule has 0 aliphatic heterocycles. The minimum absolute atomic E-state index is 0.234. The highest BCUT2D eigenvalue weighted by Crippen LogP contribution is 2.24. The van der Waals surface area contributed by atoms with Crippen LogP contribution in [0.4, 0.5) is 0 Å².